The van der Waals surface area contributed by atoms with Gasteiger partial charge in [0.25, 0.3) is 0 Å². The second kappa shape index (κ2) is 6.52. The summed E-state index contributed by atoms with van der Waals surface area (Å²) >= 11 is 0. The van der Waals surface area contributed by atoms with Gasteiger partial charge in [-0.05, 0) is 24.6 Å². The van der Waals surface area contributed by atoms with E-state index in [1.54, 1.807) is 0 Å². The van der Waals surface area contributed by atoms with Crippen LogP contribution < -0.4 is 4.72 Å². The lowest BCUT2D eigenvalue weighted by Gasteiger charge is -2.06. The molecule has 3 rings (SSSR count). The van der Waals surface area contributed by atoms with E-state index >= 15 is 0 Å². The molecule has 0 radical (unpaired) electrons. The third-order valence-corrected chi connectivity index (χ3v) is 4.96. The fourth-order valence-corrected chi connectivity index (χ4v) is 3.55. The van der Waals surface area contributed by atoms with E-state index in [2.05, 4.69) is 14.7 Å². The van der Waals surface area contributed by atoms with E-state index in [0.717, 1.165) is 28.0 Å². The van der Waals surface area contributed by atoms with Crippen LogP contribution in [0, 0.1) is 6.92 Å². The molecule has 1 aromatic heterocycles. The van der Waals surface area contributed by atoms with Crippen molar-refractivity contribution in [3.63, 3.8) is 0 Å². The second-order valence-corrected chi connectivity index (χ2v) is 7.40. The average molecular weight is 329 g/mol. The van der Waals surface area contributed by atoms with Crippen LogP contribution in [0.4, 0.5) is 0 Å². The number of hydrogen-bond donors (Lipinski definition) is 2. The fourth-order valence-electron chi connectivity index (χ4n) is 2.40. The number of aromatic nitrogens is 2. The molecule has 0 fully saturated rings. The smallest absolute Gasteiger partial charge is 0.215 e. The molecule has 0 saturated carbocycles. The number of para-hydroxylation sites is 2. The molecule has 0 aliphatic carbocycles. The van der Waals surface area contributed by atoms with Crippen molar-refractivity contribution >= 4 is 21.1 Å². The summed E-state index contributed by atoms with van der Waals surface area (Å²) < 4.78 is 26.8. The highest BCUT2D eigenvalue weighted by atomic mass is 32.2. The van der Waals surface area contributed by atoms with Crippen LogP contribution >= 0.6 is 0 Å². The number of benzene rings is 2. The van der Waals surface area contributed by atoms with Crippen LogP contribution in [0.25, 0.3) is 11.0 Å². The second-order valence-electron chi connectivity index (χ2n) is 5.59. The number of H-pyrrole nitrogens is 1. The number of nitrogens with one attached hydrogen (secondary N) is 2. The molecule has 0 saturated heterocycles. The van der Waals surface area contributed by atoms with Crippen LogP contribution in [0.2, 0.25) is 0 Å². The predicted octanol–water partition coefficient (Wildman–Crippen LogP) is 2.53. The minimum Gasteiger partial charge on any atom is -0.342 e. The van der Waals surface area contributed by atoms with Crippen LogP contribution in [0.5, 0.6) is 0 Å². The summed E-state index contributed by atoms with van der Waals surface area (Å²) in [5.74, 6) is 0.775. The van der Waals surface area contributed by atoms with Gasteiger partial charge in [0.15, 0.2) is 0 Å². The Balaban J connectivity index is 1.57. The Hall–Kier alpha value is -2.18. The molecule has 23 heavy (non-hydrogen) atoms. The third-order valence-electron chi connectivity index (χ3n) is 3.60. The van der Waals surface area contributed by atoms with E-state index in [1.807, 2.05) is 55.5 Å². The molecule has 2 N–H and O–H groups in total. The monoisotopic (exact) mass is 329 g/mol. The number of rotatable bonds is 6. The van der Waals surface area contributed by atoms with E-state index in [1.165, 1.54) is 0 Å². The Bertz CT molecular complexity index is 866. The maximum Gasteiger partial charge on any atom is 0.215 e. The van der Waals surface area contributed by atoms with Crippen molar-refractivity contribution in [3.05, 3.63) is 65.5 Å². The van der Waals surface area contributed by atoms with Crippen molar-refractivity contribution in [3.8, 4) is 0 Å². The van der Waals surface area contributed by atoms with E-state index < -0.39 is 10.0 Å². The Labute approximate surface area is 135 Å². The van der Waals surface area contributed by atoms with Gasteiger partial charge in [-0.1, -0.05) is 42.0 Å². The lowest BCUT2D eigenvalue weighted by molar-refractivity contribution is 0.580. The van der Waals surface area contributed by atoms with E-state index in [9.17, 15) is 8.42 Å². The molecule has 0 unspecified atom stereocenters. The number of aromatic amines is 1. The highest BCUT2D eigenvalue weighted by Gasteiger charge is 2.11. The SMILES string of the molecule is Cc1ccc(CS(=O)(=O)NCCc2nc3ccccc3[nH]2)cc1. The largest absolute Gasteiger partial charge is 0.342 e. The molecule has 3 aromatic rings. The van der Waals surface area contributed by atoms with E-state index in [4.69, 9.17) is 0 Å². The van der Waals surface area contributed by atoms with Crippen LogP contribution in [-0.4, -0.2) is 24.9 Å². The van der Waals surface area contributed by atoms with E-state index in [-0.39, 0.29) is 5.75 Å². The van der Waals surface area contributed by atoms with Crippen LogP contribution in [-0.2, 0) is 22.2 Å². The molecule has 5 nitrogen and oxygen atoms in total. The Kier molecular flexibility index (Phi) is 4.45. The van der Waals surface area contributed by atoms with Gasteiger partial charge in [-0.3, -0.25) is 0 Å². The molecule has 0 spiro atoms. The molecule has 1 heterocycles. The van der Waals surface area contributed by atoms with Gasteiger partial charge in [-0.25, -0.2) is 18.1 Å². The van der Waals surface area contributed by atoms with Gasteiger partial charge in [-0.2, -0.15) is 0 Å². The standard InChI is InChI=1S/C17H19N3O2S/c1-13-6-8-14(9-7-13)12-23(21,22)18-11-10-17-19-15-4-2-3-5-16(15)20-17/h2-9,18H,10-12H2,1H3,(H,19,20). The number of imidazole rings is 1. The van der Waals surface area contributed by atoms with Crippen molar-refractivity contribution in [2.45, 2.75) is 19.1 Å². The lowest BCUT2D eigenvalue weighted by atomic mass is 10.2. The third kappa shape index (κ3) is 4.18. The summed E-state index contributed by atoms with van der Waals surface area (Å²) in [6.07, 6.45) is 0.530. The van der Waals surface area contributed by atoms with Gasteiger partial charge in [0.2, 0.25) is 10.0 Å². The summed E-state index contributed by atoms with van der Waals surface area (Å²) in [4.78, 5) is 7.63. The maximum atomic E-state index is 12.1. The summed E-state index contributed by atoms with van der Waals surface area (Å²) in [5, 5.41) is 0. The number of hydrogen-bond acceptors (Lipinski definition) is 3. The van der Waals surface area contributed by atoms with Gasteiger partial charge >= 0.3 is 0 Å². The minimum absolute atomic E-state index is 0.00654. The van der Waals surface area contributed by atoms with Crippen LogP contribution in [0.3, 0.4) is 0 Å². The Morgan fingerprint density at radius 2 is 1.83 bits per heavy atom. The van der Waals surface area contributed by atoms with Gasteiger partial charge in [-0.15, -0.1) is 0 Å². The molecular weight excluding hydrogens is 310 g/mol. The normalized spacial score (nSPS) is 11.9. The number of aryl methyl sites for hydroxylation is 1. The first kappa shape index (κ1) is 15.7. The molecule has 0 aliphatic heterocycles. The molecular formula is C17H19N3O2S. The number of nitrogens with zero attached hydrogens (tertiary/aromatic N) is 1. The van der Waals surface area contributed by atoms with Gasteiger partial charge < -0.3 is 4.98 Å². The molecule has 0 atom stereocenters. The van der Waals surface area contributed by atoms with Crippen molar-refractivity contribution in [1.82, 2.24) is 14.7 Å². The summed E-state index contributed by atoms with van der Waals surface area (Å²) in [5.41, 5.74) is 3.76. The van der Waals surface area contributed by atoms with Gasteiger partial charge in [0.05, 0.1) is 16.8 Å². The summed E-state index contributed by atoms with van der Waals surface area (Å²) in [6.45, 7) is 2.30. The summed E-state index contributed by atoms with van der Waals surface area (Å²) in [6, 6.07) is 15.3. The van der Waals surface area contributed by atoms with Crippen LogP contribution in [0.1, 0.15) is 17.0 Å². The molecule has 0 aliphatic rings. The average Bonchev–Trinajstić information content (AvgIpc) is 2.92. The number of sulfonamides is 1. The first-order valence-electron chi connectivity index (χ1n) is 7.48. The Morgan fingerprint density at radius 1 is 1.09 bits per heavy atom. The maximum absolute atomic E-state index is 12.1. The van der Waals surface area contributed by atoms with Crippen LogP contribution in [0.15, 0.2) is 48.5 Å². The highest BCUT2D eigenvalue weighted by molar-refractivity contribution is 7.88. The molecule has 0 amide bonds. The zero-order chi connectivity index (χ0) is 16.3. The highest BCUT2D eigenvalue weighted by Crippen LogP contribution is 2.11. The molecule has 2 aromatic carbocycles. The first-order chi connectivity index (χ1) is 11.0. The zero-order valence-electron chi connectivity index (χ0n) is 12.9. The van der Waals surface area contributed by atoms with Crippen molar-refractivity contribution in [2.24, 2.45) is 0 Å². The molecule has 6 heteroatoms. The van der Waals surface area contributed by atoms with Crippen molar-refractivity contribution < 1.29 is 8.42 Å². The topological polar surface area (TPSA) is 74.8 Å². The lowest BCUT2D eigenvalue weighted by Crippen LogP contribution is -2.27. The van der Waals surface area contributed by atoms with Crippen molar-refractivity contribution in [1.29, 1.82) is 0 Å². The zero-order valence-corrected chi connectivity index (χ0v) is 13.7. The predicted molar refractivity (Wildman–Crippen MR) is 91.6 cm³/mol. The quantitative estimate of drug-likeness (QED) is 0.730. The minimum atomic E-state index is -3.34. The van der Waals surface area contributed by atoms with E-state index in [0.29, 0.717) is 13.0 Å². The number of fused-ring (bicyclic) bond motifs is 1. The summed E-state index contributed by atoms with van der Waals surface area (Å²) in [7, 11) is -3.34. The van der Waals surface area contributed by atoms with Gasteiger partial charge in [0.1, 0.15) is 5.82 Å². The van der Waals surface area contributed by atoms with Crippen molar-refractivity contribution in [2.75, 3.05) is 6.54 Å². The molecule has 120 valence electrons. The fraction of sp³-hybridized carbons (Fsp3) is 0.235. The Morgan fingerprint density at radius 3 is 2.57 bits per heavy atom. The molecule has 0 bridgehead atoms. The van der Waals surface area contributed by atoms with Gasteiger partial charge in [0, 0.05) is 13.0 Å². The first-order valence-corrected chi connectivity index (χ1v) is 9.13.